The van der Waals surface area contributed by atoms with E-state index in [0.717, 1.165) is 25.9 Å². The van der Waals surface area contributed by atoms with E-state index in [1.807, 2.05) is 0 Å². The zero-order valence-corrected chi connectivity index (χ0v) is 13.4. The summed E-state index contributed by atoms with van der Waals surface area (Å²) in [5.74, 6) is 0.527. The van der Waals surface area contributed by atoms with Crippen molar-refractivity contribution in [3.63, 3.8) is 0 Å². The minimum absolute atomic E-state index is 0.245. The summed E-state index contributed by atoms with van der Waals surface area (Å²) >= 11 is 0. The highest BCUT2D eigenvalue weighted by atomic mass is 15.3. The zero-order valence-electron chi connectivity index (χ0n) is 13.4. The average Bonchev–Trinajstić information content (AvgIpc) is 2.82. The van der Waals surface area contributed by atoms with Gasteiger partial charge in [-0.3, -0.25) is 10.2 Å². The monoisotopic (exact) mass is 278 g/mol. The van der Waals surface area contributed by atoms with E-state index < -0.39 is 0 Å². The van der Waals surface area contributed by atoms with E-state index in [2.05, 4.69) is 42.1 Å². The third-order valence-corrected chi connectivity index (χ3v) is 5.25. The van der Waals surface area contributed by atoms with Crippen LogP contribution in [0.25, 0.3) is 0 Å². The third-order valence-electron chi connectivity index (χ3n) is 5.25. The predicted octanol–water partition coefficient (Wildman–Crippen LogP) is 1.68. The molecule has 1 saturated heterocycles. The molecule has 0 bridgehead atoms. The van der Waals surface area contributed by atoms with Crippen LogP contribution in [-0.4, -0.2) is 61.2 Å². The molecule has 0 aromatic rings. The van der Waals surface area contributed by atoms with Gasteiger partial charge >= 0.3 is 0 Å². The first-order valence-corrected chi connectivity index (χ1v) is 8.20. The first-order chi connectivity index (χ1) is 9.61. The summed E-state index contributed by atoms with van der Waals surface area (Å²) < 4.78 is 0. The van der Waals surface area contributed by atoms with E-state index >= 15 is 0 Å². The summed E-state index contributed by atoms with van der Waals surface area (Å²) in [6, 6.07) is 3.24. The molecule has 1 saturated carbocycles. The number of nitrogens with one attached hydrogen (secondary N) is 1. The van der Waals surface area contributed by atoms with Crippen molar-refractivity contribution in [3.8, 4) is 6.07 Å². The summed E-state index contributed by atoms with van der Waals surface area (Å²) in [6.07, 6.45) is 4.60. The molecule has 0 amide bonds. The molecule has 1 aliphatic heterocycles. The van der Waals surface area contributed by atoms with Crippen molar-refractivity contribution in [3.05, 3.63) is 0 Å². The quantitative estimate of drug-likeness (QED) is 0.831. The topological polar surface area (TPSA) is 42.3 Å². The highest BCUT2D eigenvalue weighted by Crippen LogP contribution is 2.37. The summed E-state index contributed by atoms with van der Waals surface area (Å²) in [6.45, 7) is 9.99. The molecule has 2 rings (SSSR count). The second kappa shape index (κ2) is 6.89. The number of nitrogens with zero attached hydrogens (tertiary/aromatic N) is 3. The molecule has 2 fully saturated rings. The second-order valence-electron chi connectivity index (χ2n) is 6.64. The SMILES string of the molecule is CCNC1(C#N)CCCC1CCN1CCN(C)CC1C. The summed E-state index contributed by atoms with van der Waals surface area (Å²) in [5, 5.41) is 13.1. The lowest BCUT2D eigenvalue weighted by Crippen LogP contribution is -2.52. The van der Waals surface area contributed by atoms with Crippen molar-refractivity contribution >= 4 is 0 Å². The Balaban J connectivity index is 1.88. The van der Waals surface area contributed by atoms with Crippen molar-refractivity contribution in [2.75, 3.05) is 39.8 Å². The van der Waals surface area contributed by atoms with E-state index in [4.69, 9.17) is 0 Å². The predicted molar refractivity (Wildman–Crippen MR) is 82.5 cm³/mol. The Morgan fingerprint density at radius 1 is 1.40 bits per heavy atom. The standard InChI is InChI=1S/C16H30N4/c1-4-18-16(13-17)8-5-6-15(16)7-9-20-11-10-19(3)12-14(20)2/h14-15,18H,4-12H2,1-3H3. The van der Waals surface area contributed by atoms with Gasteiger partial charge in [0.1, 0.15) is 5.54 Å². The summed E-state index contributed by atoms with van der Waals surface area (Å²) in [4.78, 5) is 5.02. The van der Waals surface area contributed by atoms with E-state index in [1.54, 1.807) is 0 Å². The van der Waals surface area contributed by atoms with Gasteiger partial charge in [-0.25, -0.2) is 0 Å². The minimum Gasteiger partial charge on any atom is -0.304 e. The molecule has 0 radical (unpaired) electrons. The second-order valence-corrected chi connectivity index (χ2v) is 6.64. The van der Waals surface area contributed by atoms with Crippen LogP contribution in [0.5, 0.6) is 0 Å². The smallest absolute Gasteiger partial charge is 0.109 e. The lowest BCUT2D eigenvalue weighted by molar-refractivity contribution is 0.0910. The average molecular weight is 278 g/mol. The number of likely N-dealkylation sites (N-methyl/N-ethyl adjacent to an activating group) is 1. The molecule has 0 aromatic heterocycles. The van der Waals surface area contributed by atoms with Gasteiger partial charge in [0.2, 0.25) is 0 Å². The van der Waals surface area contributed by atoms with Gasteiger partial charge in [0, 0.05) is 25.7 Å². The molecule has 20 heavy (non-hydrogen) atoms. The van der Waals surface area contributed by atoms with E-state index in [9.17, 15) is 5.26 Å². The first kappa shape index (κ1) is 15.8. The van der Waals surface area contributed by atoms with Gasteiger partial charge in [-0.05, 0) is 52.2 Å². The van der Waals surface area contributed by atoms with Crippen molar-refractivity contribution in [2.45, 2.75) is 51.1 Å². The highest BCUT2D eigenvalue weighted by molar-refractivity contribution is 5.14. The van der Waals surface area contributed by atoms with E-state index in [0.29, 0.717) is 12.0 Å². The Morgan fingerprint density at radius 3 is 2.85 bits per heavy atom. The number of nitriles is 1. The largest absolute Gasteiger partial charge is 0.304 e. The normalized spacial score (nSPS) is 36.1. The molecule has 4 heteroatoms. The lowest BCUT2D eigenvalue weighted by Gasteiger charge is -2.39. The molecule has 3 atom stereocenters. The maximum Gasteiger partial charge on any atom is 0.109 e. The molecular formula is C16H30N4. The molecule has 1 heterocycles. The van der Waals surface area contributed by atoms with Crippen LogP contribution in [0, 0.1) is 17.2 Å². The van der Waals surface area contributed by atoms with Crippen molar-refractivity contribution < 1.29 is 0 Å². The molecule has 2 aliphatic rings. The summed E-state index contributed by atoms with van der Waals surface area (Å²) in [5.41, 5.74) is -0.245. The number of hydrogen-bond acceptors (Lipinski definition) is 4. The molecule has 0 spiro atoms. The molecule has 4 nitrogen and oxygen atoms in total. The zero-order chi connectivity index (χ0) is 14.6. The number of rotatable bonds is 5. The fourth-order valence-electron chi connectivity index (χ4n) is 4.03. The van der Waals surface area contributed by atoms with Crippen molar-refractivity contribution in [1.29, 1.82) is 5.26 Å². The van der Waals surface area contributed by atoms with Crippen LogP contribution < -0.4 is 5.32 Å². The Morgan fingerprint density at radius 2 is 2.20 bits per heavy atom. The fourth-order valence-corrected chi connectivity index (χ4v) is 4.03. The van der Waals surface area contributed by atoms with Crippen LogP contribution in [-0.2, 0) is 0 Å². The van der Waals surface area contributed by atoms with Crippen LogP contribution in [0.1, 0.15) is 39.5 Å². The van der Waals surface area contributed by atoms with Gasteiger partial charge in [-0.15, -0.1) is 0 Å². The fraction of sp³-hybridized carbons (Fsp3) is 0.938. The Bertz CT molecular complexity index is 351. The molecule has 114 valence electrons. The maximum atomic E-state index is 9.61. The van der Waals surface area contributed by atoms with Gasteiger partial charge in [0.05, 0.1) is 6.07 Å². The maximum absolute atomic E-state index is 9.61. The summed E-state index contributed by atoms with van der Waals surface area (Å²) in [7, 11) is 2.21. The molecule has 3 unspecified atom stereocenters. The number of piperazine rings is 1. The Hall–Kier alpha value is -0.630. The van der Waals surface area contributed by atoms with Crippen LogP contribution in [0.15, 0.2) is 0 Å². The lowest BCUT2D eigenvalue weighted by atomic mass is 9.85. The molecule has 1 aliphatic carbocycles. The van der Waals surface area contributed by atoms with Crippen LogP contribution >= 0.6 is 0 Å². The minimum atomic E-state index is -0.245. The Labute approximate surface area is 124 Å². The molecule has 1 N–H and O–H groups in total. The van der Waals surface area contributed by atoms with Gasteiger partial charge in [0.15, 0.2) is 0 Å². The molecule has 0 aromatic carbocycles. The van der Waals surface area contributed by atoms with Gasteiger partial charge in [-0.2, -0.15) is 5.26 Å². The van der Waals surface area contributed by atoms with Gasteiger partial charge in [0.25, 0.3) is 0 Å². The molecular weight excluding hydrogens is 248 g/mol. The van der Waals surface area contributed by atoms with Crippen LogP contribution in [0.3, 0.4) is 0 Å². The first-order valence-electron chi connectivity index (χ1n) is 8.20. The van der Waals surface area contributed by atoms with E-state index in [1.165, 1.54) is 32.5 Å². The third kappa shape index (κ3) is 3.33. The highest BCUT2D eigenvalue weighted by Gasteiger charge is 2.42. The van der Waals surface area contributed by atoms with Crippen molar-refractivity contribution in [1.82, 2.24) is 15.1 Å². The van der Waals surface area contributed by atoms with Crippen molar-refractivity contribution in [2.24, 2.45) is 5.92 Å². The van der Waals surface area contributed by atoms with Gasteiger partial charge in [-0.1, -0.05) is 13.3 Å². The van der Waals surface area contributed by atoms with Gasteiger partial charge < -0.3 is 4.90 Å². The number of hydrogen-bond donors (Lipinski definition) is 1. The Kier molecular flexibility index (Phi) is 5.42. The van der Waals surface area contributed by atoms with Crippen LogP contribution in [0.2, 0.25) is 0 Å². The van der Waals surface area contributed by atoms with Crippen LogP contribution in [0.4, 0.5) is 0 Å². The van der Waals surface area contributed by atoms with E-state index in [-0.39, 0.29) is 5.54 Å².